The summed E-state index contributed by atoms with van der Waals surface area (Å²) >= 11 is 0. The van der Waals surface area contributed by atoms with E-state index in [9.17, 15) is 18.8 Å². The van der Waals surface area contributed by atoms with Gasteiger partial charge in [-0.05, 0) is 58.0 Å². The standard InChI is InChI=1S/C20H22FN3O3/c1-5-22-12(2)10-17(13(22)3)18(25)11-23-19(26)14(4)24(20(23)27)16-8-6-15(21)7-9-16/h6-10,14H,5,11H2,1-4H3. The molecule has 1 saturated heterocycles. The number of aromatic nitrogens is 1. The van der Waals surface area contributed by atoms with Gasteiger partial charge in [0.1, 0.15) is 11.9 Å². The summed E-state index contributed by atoms with van der Waals surface area (Å²) in [4.78, 5) is 40.4. The zero-order chi connectivity index (χ0) is 19.9. The second-order valence-electron chi connectivity index (χ2n) is 6.68. The molecule has 3 amide bonds. The summed E-state index contributed by atoms with van der Waals surface area (Å²) < 4.78 is 15.2. The van der Waals surface area contributed by atoms with Crippen molar-refractivity contribution in [2.45, 2.75) is 40.3 Å². The molecule has 0 aliphatic carbocycles. The zero-order valence-electron chi connectivity index (χ0n) is 15.8. The fourth-order valence-corrected chi connectivity index (χ4v) is 3.61. The Morgan fingerprint density at radius 3 is 2.33 bits per heavy atom. The highest BCUT2D eigenvalue weighted by atomic mass is 19.1. The van der Waals surface area contributed by atoms with E-state index in [1.165, 1.54) is 29.2 Å². The van der Waals surface area contributed by atoms with E-state index in [1.807, 2.05) is 25.3 Å². The van der Waals surface area contributed by atoms with Crippen LogP contribution in [0.5, 0.6) is 0 Å². The van der Waals surface area contributed by atoms with Crippen molar-refractivity contribution in [3.05, 3.63) is 53.1 Å². The molecule has 1 fully saturated rings. The fraction of sp³-hybridized carbons (Fsp3) is 0.350. The molecule has 3 rings (SSSR count). The van der Waals surface area contributed by atoms with Crippen molar-refractivity contribution in [3.63, 3.8) is 0 Å². The van der Waals surface area contributed by atoms with E-state index in [0.29, 0.717) is 11.3 Å². The van der Waals surface area contributed by atoms with Gasteiger partial charge in [-0.15, -0.1) is 0 Å². The van der Waals surface area contributed by atoms with Crippen LogP contribution in [0, 0.1) is 19.7 Å². The third kappa shape index (κ3) is 3.13. The Hall–Kier alpha value is -2.96. The third-order valence-electron chi connectivity index (χ3n) is 5.04. The lowest BCUT2D eigenvalue weighted by molar-refractivity contribution is -0.126. The first kappa shape index (κ1) is 18.8. The van der Waals surface area contributed by atoms with Gasteiger partial charge in [-0.2, -0.15) is 0 Å². The molecular formula is C20H22FN3O3. The highest BCUT2D eigenvalue weighted by molar-refractivity contribution is 6.16. The van der Waals surface area contributed by atoms with Gasteiger partial charge in [0, 0.05) is 29.2 Å². The molecule has 0 spiro atoms. The van der Waals surface area contributed by atoms with Gasteiger partial charge in [0.05, 0.1) is 6.54 Å². The Balaban J connectivity index is 1.85. The number of hydrogen-bond donors (Lipinski definition) is 0. The Morgan fingerprint density at radius 2 is 1.78 bits per heavy atom. The number of aryl methyl sites for hydroxylation is 1. The lowest BCUT2D eigenvalue weighted by Crippen LogP contribution is -2.37. The molecule has 0 radical (unpaired) electrons. The van der Waals surface area contributed by atoms with Gasteiger partial charge >= 0.3 is 6.03 Å². The number of nitrogens with zero attached hydrogens (tertiary/aromatic N) is 3. The predicted molar refractivity (Wildman–Crippen MR) is 99.4 cm³/mol. The number of carbonyl (C=O) groups excluding carboxylic acids is 3. The van der Waals surface area contributed by atoms with Crippen LogP contribution in [-0.2, 0) is 11.3 Å². The van der Waals surface area contributed by atoms with E-state index in [2.05, 4.69) is 0 Å². The molecule has 1 aliphatic rings. The Bertz CT molecular complexity index is 917. The molecule has 7 heteroatoms. The summed E-state index contributed by atoms with van der Waals surface area (Å²) in [6.07, 6.45) is 0. The molecule has 6 nitrogen and oxygen atoms in total. The van der Waals surface area contributed by atoms with E-state index in [4.69, 9.17) is 0 Å². The van der Waals surface area contributed by atoms with Crippen molar-refractivity contribution in [3.8, 4) is 0 Å². The summed E-state index contributed by atoms with van der Waals surface area (Å²) in [7, 11) is 0. The van der Waals surface area contributed by atoms with Gasteiger partial charge in [-0.3, -0.25) is 19.4 Å². The zero-order valence-corrected chi connectivity index (χ0v) is 15.8. The van der Waals surface area contributed by atoms with Crippen LogP contribution in [0.4, 0.5) is 14.9 Å². The number of benzene rings is 1. The first-order chi connectivity index (χ1) is 12.8. The molecule has 27 heavy (non-hydrogen) atoms. The third-order valence-corrected chi connectivity index (χ3v) is 5.04. The Labute approximate surface area is 157 Å². The quantitative estimate of drug-likeness (QED) is 0.598. The van der Waals surface area contributed by atoms with Crippen LogP contribution in [0.3, 0.4) is 0 Å². The highest BCUT2D eigenvalue weighted by Crippen LogP contribution is 2.26. The topological polar surface area (TPSA) is 62.6 Å². The number of amides is 3. The maximum Gasteiger partial charge on any atom is 0.332 e. The van der Waals surface area contributed by atoms with E-state index in [-0.39, 0.29) is 12.3 Å². The number of anilines is 1. The van der Waals surface area contributed by atoms with Crippen molar-refractivity contribution in [1.29, 1.82) is 0 Å². The molecule has 0 saturated carbocycles. The average Bonchev–Trinajstić information content (AvgIpc) is 3.04. The Morgan fingerprint density at radius 1 is 1.15 bits per heavy atom. The predicted octanol–water partition coefficient (Wildman–Crippen LogP) is 3.30. The maximum atomic E-state index is 13.2. The molecule has 1 unspecified atom stereocenters. The van der Waals surface area contributed by atoms with Crippen LogP contribution in [0.15, 0.2) is 30.3 Å². The summed E-state index contributed by atoms with van der Waals surface area (Å²) in [6.45, 7) is 7.78. The van der Waals surface area contributed by atoms with Gasteiger partial charge in [-0.25, -0.2) is 9.18 Å². The normalized spacial score (nSPS) is 17.1. The van der Waals surface area contributed by atoms with Gasteiger partial charge in [-0.1, -0.05) is 0 Å². The monoisotopic (exact) mass is 371 g/mol. The van der Waals surface area contributed by atoms with Crippen LogP contribution >= 0.6 is 0 Å². The van der Waals surface area contributed by atoms with Gasteiger partial charge in [0.15, 0.2) is 5.78 Å². The second-order valence-corrected chi connectivity index (χ2v) is 6.68. The van der Waals surface area contributed by atoms with E-state index in [0.717, 1.165) is 22.8 Å². The first-order valence-corrected chi connectivity index (χ1v) is 8.86. The van der Waals surface area contributed by atoms with Crippen LogP contribution in [-0.4, -0.2) is 39.8 Å². The number of carbonyl (C=O) groups is 3. The second kappa shape index (κ2) is 6.98. The number of hydrogen-bond acceptors (Lipinski definition) is 3. The van der Waals surface area contributed by atoms with E-state index in [1.54, 1.807) is 13.0 Å². The number of urea groups is 1. The number of Topliss-reactive ketones (excluding diaryl/α,β-unsaturated/α-hetero) is 1. The van der Waals surface area contributed by atoms with Crippen molar-refractivity contribution in [1.82, 2.24) is 9.47 Å². The molecule has 1 aromatic carbocycles. The number of ketones is 1. The average molecular weight is 371 g/mol. The molecule has 1 atom stereocenters. The van der Waals surface area contributed by atoms with Crippen LogP contribution in [0.25, 0.3) is 0 Å². The minimum Gasteiger partial charge on any atom is -0.349 e. The number of imide groups is 1. The van der Waals surface area contributed by atoms with Crippen molar-refractivity contribution in [2.24, 2.45) is 0 Å². The number of rotatable bonds is 5. The first-order valence-electron chi connectivity index (χ1n) is 8.86. The van der Waals surface area contributed by atoms with Gasteiger partial charge in [0.2, 0.25) is 0 Å². The minimum atomic E-state index is -0.751. The highest BCUT2D eigenvalue weighted by Gasteiger charge is 2.44. The maximum absolute atomic E-state index is 13.2. The lowest BCUT2D eigenvalue weighted by Gasteiger charge is -2.19. The number of halogens is 1. The van der Waals surface area contributed by atoms with Crippen molar-refractivity contribution in [2.75, 3.05) is 11.4 Å². The van der Waals surface area contributed by atoms with E-state index >= 15 is 0 Å². The Kier molecular flexibility index (Phi) is 4.87. The smallest absolute Gasteiger partial charge is 0.332 e. The molecular weight excluding hydrogens is 349 g/mol. The summed E-state index contributed by atoms with van der Waals surface area (Å²) in [5, 5.41) is 0. The summed E-state index contributed by atoms with van der Waals surface area (Å²) in [5.74, 6) is -1.15. The van der Waals surface area contributed by atoms with Gasteiger partial charge < -0.3 is 4.57 Å². The van der Waals surface area contributed by atoms with Gasteiger partial charge in [0.25, 0.3) is 5.91 Å². The molecule has 1 aromatic heterocycles. The SMILES string of the molecule is CCn1c(C)cc(C(=O)CN2C(=O)C(C)N(c3ccc(F)cc3)C2=O)c1C. The molecule has 0 bridgehead atoms. The van der Waals surface area contributed by atoms with E-state index < -0.39 is 23.8 Å². The van der Waals surface area contributed by atoms with Crippen LogP contribution in [0.1, 0.15) is 35.6 Å². The summed E-state index contributed by atoms with van der Waals surface area (Å²) in [5.41, 5.74) is 2.71. The molecule has 2 heterocycles. The molecule has 142 valence electrons. The molecule has 0 N–H and O–H groups in total. The van der Waals surface area contributed by atoms with Crippen molar-refractivity contribution < 1.29 is 18.8 Å². The lowest BCUT2D eigenvalue weighted by atomic mass is 10.1. The largest absolute Gasteiger partial charge is 0.349 e. The minimum absolute atomic E-state index is 0.280. The molecule has 2 aromatic rings. The van der Waals surface area contributed by atoms with Crippen LogP contribution < -0.4 is 4.90 Å². The fourth-order valence-electron chi connectivity index (χ4n) is 3.61. The van der Waals surface area contributed by atoms with Crippen LogP contribution in [0.2, 0.25) is 0 Å². The molecule has 1 aliphatic heterocycles. The van der Waals surface area contributed by atoms with Crippen molar-refractivity contribution >= 4 is 23.4 Å². The summed E-state index contributed by atoms with van der Waals surface area (Å²) in [6, 6.07) is 5.80.